The number of hydrogen-bond acceptors (Lipinski definition) is 3. The summed E-state index contributed by atoms with van der Waals surface area (Å²) in [5, 5.41) is 5.03. The van der Waals surface area contributed by atoms with E-state index in [1.165, 1.54) is 26.4 Å². The summed E-state index contributed by atoms with van der Waals surface area (Å²) in [5.74, 6) is -0.464. The third kappa shape index (κ3) is 5.16. The minimum Gasteiger partial charge on any atom is -0.495 e. The second kappa shape index (κ2) is 8.34. The smallest absolute Gasteiger partial charge is 0.416 e. The third-order valence-corrected chi connectivity index (χ3v) is 3.84. The first-order valence-electron chi connectivity index (χ1n) is 7.47. The molecule has 0 unspecified atom stereocenters. The van der Waals surface area contributed by atoms with Crippen LogP contribution in [0.3, 0.4) is 0 Å². The van der Waals surface area contributed by atoms with Crippen molar-refractivity contribution in [3.05, 3.63) is 52.3 Å². The molecule has 0 aromatic heterocycles. The van der Waals surface area contributed by atoms with E-state index in [2.05, 4.69) is 10.6 Å². The fraction of sp³-hybridized carbons (Fsp3) is 0.235. The van der Waals surface area contributed by atoms with Gasteiger partial charge in [0.15, 0.2) is 0 Å². The quantitative estimate of drug-likeness (QED) is 0.699. The van der Waals surface area contributed by atoms with E-state index in [-0.39, 0.29) is 28.6 Å². The zero-order chi connectivity index (χ0) is 20.2. The Kier molecular flexibility index (Phi) is 6.37. The van der Waals surface area contributed by atoms with Gasteiger partial charge in [-0.15, -0.1) is 0 Å². The van der Waals surface area contributed by atoms with Crippen LogP contribution in [0.5, 0.6) is 11.5 Å². The average molecular weight is 407 g/mol. The highest BCUT2D eigenvalue weighted by atomic mass is 35.5. The highest BCUT2D eigenvalue weighted by molar-refractivity contribution is 6.32. The Bertz CT molecular complexity index is 844. The number of amides is 2. The second-order valence-electron chi connectivity index (χ2n) is 5.30. The van der Waals surface area contributed by atoms with Crippen molar-refractivity contribution in [3.63, 3.8) is 0 Å². The Morgan fingerprint density at radius 1 is 1.11 bits per heavy atom. The van der Waals surface area contributed by atoms with Gasteiger partial charge in [-0.3, -0.25) is 0 Å². The summed E-state index contributed by atoms with van der Waals surface area (Å²) in [6.07, 6.45) is -4.64. The number of rotatable bonds is 5. The third-order valence-electron chi connectivity index (χ3n) is 3.54. The molecular weight excluding hydrogens is 392 g/mol. The van der Waals surface area contributed by atoms with Crippen LogP contribution >= 0.6 is 11.6 Å². The van der Waals surface area contributed by atoms with Crippen LogP contribution in [0.2, 0.25) is 5.02 Å². The average Bonchev–Trinajstić information content (AvgIpc) is 2.60. The minimum absolute atomic E-state index is 0.0992. The molecule has 27 heavy (non-hydrogen) atoms. The fourth-order valence-corrected chi connectivity index (χ4v) is 2.41. The number of ether oxygens (including phenoxy) is 2. The molecule has 0 saturated carbocycles. The lowest BCUT2D eigenvalue weighted by Gasteiger charge is -2.14. The van der Waals surface area contributed by atoms with Gasteiger partial charge in [0.05, 0.1) is 30.5 Å². The van der Waals surface area contributed by atoms with Crippen molar-refractivity contribution in [2.75, 3.05) is 19.5 Å². The molecule has 0 radical (unpaired) electrons. The van der Waals surface area contributed by atoms with Crippen molar-refractivity contribution in [3.8, 4) is 11.5 Å². The Balaban J connectivity index is 2.06. The minimum atomic E-state index is -4.64. The number of halogens is 5. The maximum absolute atomic E-state index is 13.8. The van der Waals surface area contributed by atoms with E-state index in [1.54, 1.807) is 0 Å². The molecule has 2 N–H and O–H groups in total. The fourth-order valence-electron chi connectivity index (χ4n) is 2.17. The van der Waals surface area contributed by atoms with Gasteiger partial charge < -0.3 is 20.1 Å². The number of anilines is 1. The number of methoxy groups -OCH3 is 2. The number of urea groups is 1. The predicted molar refractivity (Wildman–Crippen MR) is 91.8 cm³/mol. The Morgan fingerprint density at radius 2 is 1.78 bits per heavy atom. The largest absolute Gasteiger partial charge is 0.495 e. The van der Waals surface area contributed by atoms with Gasteiger partial charge in [-0.05, 0) is 18.2 Å². The van der Waals surface area contributed by atoms with Gasteiger partial charge in [-0.1, -0.05) is 17.7 Å². The van der Waals surface area contributed by atoms with Gasteiger partial charge in [0.1, 0.15) is 17.3 Å². The molecule has 2 aromatic carbocycles. The maximum atomic E-state index is 13.8. The molecule has 0 aliphatic carbocycles. The first-order valence-corrected chi connectivity index (χ1v) is 7.85. The first kappa shape index (κ1) is 20.6. The van der Waals surface area contributed by atoms with Crippen molar-refractivity contribution >= 4 is 23.3 Å². The summed E-state index contributed by atoms with van der Waals surface area (Å²) in [7, 11) is 2.79. The highest BCUT2D eigenvalue weighted by Crippen LogP contribution is 2.36. The number of carbonyl (C=O) groups excluding carboxylic acids is 1. The molecular formula is C17H15ClF4N2O3. The van der Waals surface area contributed by atoms with Crippen LogP contribution < -0.4 is 20.1 Å². The summed E-state index contributed by atoms with van der Waals surface area (Å²) < 4.78 is 61.6. The second-order valence-corrected chi connectivity index (χ2v) is 5.71. The van der Waals surface area contributed by atoms with Crippen LogP contribution in [-0.4, -0.2) is 20.3 Å². The molecule has 146 valence electrons. The SMILES string of the molecule is COc1cc(OC)c(NC(=O)NCc2ccc(C(F)(F)F)cc2F)cc1Cl. The zero-order valence-corrected chi connectivity index (χ0v) is 15.0. The summed E-state index contributed by atoms with van der Waals surface area (Å²) in [6.45, 7) is -0.317. The van der Waals surface area contributed by atoms with E-state index in [4.69, 9.17) is 21.1 Å². The number of benzene rings is 2. The van der Waals surface area contributed by atoms with Crippen molar-refractivity contribution in [1.29, 1.82) is 0 Å². The molecule has 0 spiro atoms. The molecule has 2 aromatic rings. The normalized spacial score (nSPS) is 11.1. The van der Waals surface area contributed by atoms with Gasteiger partial charge in [0.2, 0.25) is 0 Å². The number of alkyl halides is 3. The summed E-state index contributed by atoms with van der Waals surface area (Å²) in [4.78, 5) is 12.0. The summed E-state index contributed by atoms with van der Waals surface area (Å²) >= 11 is 5.99. The van der Waals surface area contributed by atoms with Crippen LogP contribution in [-0.2, 0) is 12.7 Å². The van der Waals surface area contributed by atoms with E-state index in [0.717, 1.165) is 12.1 Å². The summed E-state index contributed by atoms with van der Waals surface area (Å²) in [6, 6.07) is 4.22. The topological polar surface area (TPSA) is 59.6 Å². The van der Waals surface area contributed by atoms with E-state index in [0.29, 0.717) is 11.8 Å². The van der Waals surface area contributed by atoms with Crippen molar-refractivity contribution in [2.45, 2.75) is 12.7 Å². The number of hydrogen-bond donors (Lipinski definition) is 2. The van der Waals surface area contributed by atoms with Gasteiger partial charge in [0, 0.05) is 18.2 Å². The maximum Gasteiger partial charge on any atom is 0.416 e. The number of carbonyl (C=O) groups is 1. The molecule has 0 fully saturated rings. The van der Waals surface area contributed by atoms with Crippen LogP contribution in [0.25, 0.3) is 0 Å². The molecule has 5 nitrogen and oxygen atoms in total. The predicted octanol–water partition coefficient (Wildman–Crippen LogP) is 4.84. The van der Waals surface area contributed by atoms with Crippen LogP contribution in [0, 0.1) is 5.82 Å². The van der Waals surface area contributed by atoms with Crippen LogP contribution in [0.4, 0.5) is 28.0 Å². The van der Waals surface area contributed by atoms with E-state index < -0.39 is 23.6 Å². The van der Waals surface area contributed by atoms with Gasteiger partial charge in [-0.25, -0.2) is 9.18 Å². The first-order chi connectivity index (χ1) is 12.7. The lowest BCUT2D eigenvalue weighted by Crippen LogP contribution is -2.28. The van der Waals surface area contributed by atoms with Gasteiger partial charge in [0.25, 0.3) is 0 Å². The van der Waals surface area contributed by atoms with E-state index in [9.17, 15) is 22.4 Å². The lowest BCUT2D eigenvalue weighted by atomic mass is 10.1. The van der Waals surface area contributed by atoms with Crippen LogP contribution in [0.1, 0.15) is 11.1 Å². The van der Waals surface area contributed by atoms with Crippen molar-refractivity contribution < 1.29 is 31.8 Å². The molecule has 2 amide bonds. The monoisotopic (exact) mass is 406 g/mol. The molecule has 0 bridgehead atoms. The molecule has 0 heterocycles. The standard InChI is InChI=1S/C17H15ClF4N2O3/c1-26-14-7-15(27-2)13(6-11(14)18)24-16(25)23-8-9-3-4-10(5-12(9)19)17(20,21)22/h3-7H,8H2,1-2H3,(H2,23,24,25). The molecule has 0 aliphatic heterocycles. The van der Waals surface area contributed by atoms with Gasteiger partial charge in [-0.2, -0.15) is 13.2 Å². The summed E-state index contributed by atoms with van der Waals surface area (Å²) in [5.41, 5.74) is -0.975. The van der Waals surface area contributed by atoms with E-state index in [1.807, 2.05) is 0 Å². The zero-order valence-electron chi connectivity index (χ0n) is 14.2. The van der Waals surface area contributed by atoms with Gasteiger partial charge >= 0.3 is 12.2 Å². The lowest BCUT2D eigenvalue weighted by molar-refractivity contribution is -0.137. The molecule has 0 saturated heterocycles. The molecule has 10 heteroatoms. The van der Waals surface area contributed by atoms with Crippen molar-refractivity contribution in [2.24, 2.45) is 0 Å². The van der Waals surface area contributed by atoms with Crippen molar-refractivity contribution in [1.82, 2.24) is 5.32 Å². The van der Waals surface area contributed by atoms with E-state index >= 15 is 0 Å². The Morgan fingerprint density at radius 3 is 2.33 bits per heavy atom. The van der Waals surface area contributed by atoms with Crippen LogP contribution in [0.15, 0.2) is 30.3 Å². The molecule has 0 atom stereocenters. The highest BCUT2D eigenvalue weighted by Gasteiger charge is 2.31. The molecule has 2 rings (SSSR count). The number of nitrogens with one attached hydrogen (secondary N) is 2. The Hall–Kier alpha value is -2.68. The Labute approximate surface area is 157 Å². The molecule has 0 aliphatic rings.